The van der Waals surface area contributed by atoms with Gasteiger partial charge in [-0.2, -0.15) is 18.4 Å². The molecular formula is C16H9F3N6OS. The first-order chi connectivity index (χ1) is 12.9. The Morgan fingerprint density at radius 1 is 1.11 bits per heavy atom. The molecule has 3 aromatic rings. The predicted octanol–water partition coefficient (Wildman–Crippen LogP) is 4.13. The molecule has 0 aliphatic heterocycles. The monoisotopic (exact) mass is 390 g/mol. The molecule has 27 heavy (non-hydrogen) atoms. The van der Waals surface area contributed by atoms with E-state index in [1.807, 2.05) is 0 Å². The van der Waals surface area contributed by atoms with Crippen molar-refractivity contribution in [2.45, 2.75) is 6.18 Å². The maximum Gasteiger partial charge on any atom is 0.417 e. The summed E-state index contributed by atoms with van der Waals surface area (Å²) in [5.41, 5.74) is -1.01. The normalized spacial score (nSPS) is 10.9. The van der Waals surface area contributed by atoms with Gasteiger partial charge in [-0.3, -0.25) is 10.3 Å². The first kappa shape index (κ1) is 18.3. The maximum atomic E-state index is 13.0. The van der Waals surface area contributed by atoms with Crippen molar-refractivity contribution in [2.24, 2.45) is 0 Å². The van der Waals surface area contributed by atoms with E-state index in [1.54, 1.807) is 24.5 Å². The summed E-state index contributed by atoms with van der Waals surface area (Å²) in [5.74, 6) is 0. The fourth-order valence-corrected chi connectivity index (χ4v) is 2.84. The minimum absolute atomic E-state index is 0.113. The second kappa shape index (κ2) is 7.38. The number of nitrogens with zero attached hydrogens (tertiary/aromatic N) is 4. The van der Waals surface area contributed by atoms with Gasteiger partial charge in [0.15, 0.2) is 0 Å². The number of urea groups is 1. The van der Waals surface area contributed by atoms with Crippen LogP contribution in [0.1, 0.15) is 11.1 Å². The van der Waals surface area contributed by atoms with Gasteiger partial charge in [0, 0.05) is 23.6 Å². The number of amides is 2. The smallest absolute Gasteiger partial charge is 0.308 e. The molecule has 0 bridgehead atoms. The molecule has 2 N–H and O–H groups in total. The highest BCUT2D eigenvalue weighted by Crippen LogP contribution is 2.33. The van der Waals surface area contributed by atoms with Crippen LogP contribution in [0.4, 0.5) is 28.8 Å². The van der Waals surface area contributed by atoms with Crippen LogP contribution in [-0.4, -0.2) is 21.2 Å². The maximum absolute atomic E-state index is 13.0. The van der Waals surface area contributed by atoms with Crippen molar-refractivity contribution in [1.29, 1.82) is 5.26 Å². The van der Waals surface area contributed by atoms with E-state index in [2.05, 4.69) is 25.8 Å². The van der Waals surface area contributed by atoms with Gasteiger partial charge >= 0.3 is 12.2 Å². The number of carbonyl (C=O) groups excluding carboxylic acids is 1. The van der Waals surface area contributed by atoms with Crippen LogP contribution in [0.3, 0.4) is 0 Å². The predicted molar refractivity (Wildman–Crippen MR) is 91.9 cm³/mol. The molecule has 0 aliphatic rings. The fourth-order valence-electron chi connectivity index (χ4n) is 2.10. The van der Waals surface area contributed by atoms with Crippen molar-refractivity contribution in [3.63, 3.8) is 0 Å². The lowest BCUT2D eigenvalue weighted by Gasteiger charge is -2.11. The topological polar surface area (TPSA) is 104 Å². The summed E-state index contributed by atoms with van der Waals surface area (Å²) in [6.07, 6.45) is -1.54. The zero-order chi connectivity index (χ0) is 19.4. The van der Waals surface area contributed by atoms with E-state index in [0.29, 0.717) is 11.1 Å². The van der Waals surface area contributed by atoms with Crippen molar-refractivity contribution in [3.8, 4) is 16.6 Å². The van der Waals surface area contributed by atoms with Gasteiger partial charge in [-0.1, -0.05) is 11.3 Å². The number of hydrogen-bond acceptors (Lipinski definition) is 6. The number of nitriles is 1. The number of alkyl halides is 3. The zero-order valence-electron chi connectivity index (χ0n) is 13.3. The summed E-state index contributed by atoms with van der Waals surface area (Å²) in [6.45, 7) is 0. The molecule has 0 unspecified atom stereocenters. The highest BCUT2D eigenvalue weighted by molar-refractivity contribution is 7.18. The van der Waals surface area contributed by atoms with Crippen LogP contribution < -0.4 is 10.6 Å². The second-order valence-electron chi connectivity index (χ2n) is 5.10. The van der Waals surface area contributed by atoms with Crippen molar-refractivity contribution in [1.82, 2.24) is 15.2 Å². The molecule has 0 aliphatic carbocycles. The minimum atomic E-state index is -4.71. The van der Waals surface area contributed by atoms with Crippen molar-refractivity contribution >= 4 is 28.2 Å². The van der Waals surface area contributed by atoms with Gasteiger partial charge in [0.05, 0.1) is 17.2 Å². The van der Waals surface area contributed by atoms with Crippen LogP contribution in [0.2, 0.25) is 0 Å². The molecule has 0 radical (unpaired) electrons. The Labute approximate surface area is 154 Å². The van der Waals surface area contributed by atoms with Gasteiger partial charge in [0.25, 0.3) is 0 Å². The number of aromatic nitrogens is 3. The van der Waals surface area contributed by atoms with E-state index >= 15 is 0 Å². The lowest BCUT2D eigenvalue weighted by atomic mass is 10.1. The van der Waals surface area contributed by atoms with Crippen LogP contribution in [-0.2, 0) is 6.18 Å². The molecule has 11 heteroatoms. The standard InChI is InChI=1S/C16H9F3N6OS/c17-16(18,19)12-7-11(2-1-10(12)8-20)22-14(26)23-15-25-24-13(27-15)9-3-5-21-6-4-9/h1-7H,(H2,22,23,25,26). The number of benzene rings is 1. The van der Waals surface area contributed by atoms with Crippen LogP contribution >= 0.6 is 11.3 Å². The van der Waals surface area contributed by atoms with E-state index < -0.39 is 23.3 Å². The van der Waals surface area contributed by atoms with Crippen LogP contribution in [0.25, 0.3) is 10.6 Å². The summed E-state index contributed by atoms with van der Waals surface area (Å²) < 4.78 is 38.9. The van der Waals surface area contributed by atoms with Gasteiger partial charge in [0.2, 0.25) is 5.13 Å². The Morgan fingerprint density at radius 3 is 2.52 bits per heavy atom. The molecule has 0 fully saturated rings. The Hall–Kier alpha value is -3.52. The Kier molecular flexibility index (Phi) is 5.00. The fraction of sp³-hybridized carbons (Fsp3) is 0.0625. The SMILES string of the molecule is N#Cc1ccc(NC(=O)Nc2nnc(-c3ccncc3)s2)cc1C(F)(F)F. The van der Waals surface area contributed by atoms with Gasteiger partial charge in [0.1, 0.15) is 5.01 Å². The van der Waals surface area contributed by atoms with E-state index in [4.69, 9.17) is 5.26 Å². The molecule has 0 atom stereocenters. The van der Waals surface area contributed by atoms with Crippen molar-refractivity contribution in [2.75, 3.05) is 10.6 Å². The molecule has 136 valence electrons. The quantitative estimate of drug-likeness (QED) is 0.700. The Morgan fingerprint density at radius 2 is 1.85 bits per heavy atom. The number of pyridine rings is 1. The summed E-state index contributed by atoms with van der Waals surface area (Å²) in [5, 5.41) is 21.9. The van der Waals surface area contributed by atoms with Gasteiger partial charge in [-0.15, -0.1) is 10.2 Å². The minimum Gasteiger partial charge on any atom is -0.308 e. The highest BCUT2D eigenvalue weighted by Gasteiger charge is 2.34. The molecule has 0 saturated heterocycles. The number of nitrogens with one attached hydrogen (secondary N) is 2. The molecule has 2 amide bonds. The molecule has 2 aromatic heterocycles. The lowest BCUT2D eigenvalue weighted by molar-refractivity contribution is -0.137. The summed E-state index contributed by atoms with van der Waals surface area (Å²) in [4.78, 5) is 15.9. The number of carbonyl (C=O) groups is 1. The summed E-state index contributed by atoms with van der Waals surface area (Å²) in [6, 6.07) is 7.02. The van der Waals surface area contributed by atoms with Gasteiger partial charge in [-0.25, -0.2) is 4.79 Å². The van der Waals surface area contributed by atoms with Crippen LogP contribution in [0.15, 0.2) is 42.7 Å². The number of anilines is 2. The first-order valence-electron chi connectivity index (χ1n) is 7.30. The van der Waals surface area contributed by atoms with E-state index in [-0.39, 0.29) is 10.8 Å². The number of hydrogen-bond donors (Lipinski definition) is 2. The van der Waals surface area contributed by atoms with E-state index in [0.717, 1.165) is 23.0 Å². The molecule has 0 saturated carbocycles. The van der Waals surface area contributed by atoms with Crippen molar-refractivity contribution in [3.05, 3.63) is 53.9 Å². The molecule has 2 heterocycles. The lowest BCUT2D eigenvalue weighted by Crippen LogP contribution is -2.20. The number of halogens is 3. The average Bonchev–Trinajstić information content (AvgIpc) is 3.10. The third-order valence-electron chi connectivity index (χ3n) is 3.28. The summed E-state index contributed by atoms with van der Waals surface area (Å²) in [7, 11) is 0. The van der Waals surface area contributed by atoms with Crippen LogP contribution in [0.5, 0.6) is 0 Å². The molecule has 0 spiro atoms. The molecule has 3 rings (SSSR count). The average molecular weight is 390 g/mol. The van der Waals surface area contributed by atoms with Gasteiger partial charge in [-0.05, 0) is 30.3 Å². The van der Waals surface area contributed by atoms with E-state index in [1.165, 1.54) is 12.1 Å². The molecular weight excluding hydrogens is 381 g/mol. The van der Waals surface area contributed by atoms with Gasteiger partial charge < -0.3 is 5.32 Å². The third-order valence-corrected chi connectivity index (χ3v) is 4.16. The zero-order valence-corrected chi connectivity index (χ0v) is 14.1. The third kappa shape index (κ3) is 4.36. The number of rotatable bonds is 3. The summed E-state index contributed by atoms with van der Waals surface area (Å²) >= 11 is 1.09. The second-order valence-corrected chi connectivity index (χ2v) is 6.07. The first-order valence-corrected chi connectivity index (χ1v) is 8.12. The highest BCUT2D eigenvalue weighted by atomic mass is 32.1. The Bertz CT molecular complexity index is 1010. The molecule has 1 aromatic carbocycles. The Balaban J connectivity index is 1.72. The largest absolute Gasteiger partial charge is 0.417 e. The van der Waals surface area contributed by atoms with Crippen molar-refractivity contribution < 1.29 is 18.0 Å². The van der Waals surface area contributed by atoms with E-state index in [9.17, 15) is 18.0 Å². The van der Waals surface area contributed by atoms with Crippen LogP contribution in [0, 0.1) is 11.3 Å². The molecule has 7 nitrogen and oxygen atoms in total.